The van der Waals surface area contributed by atoms with Gasteiger partial charge in [0.15, 0.2) is 0 Å². The van der Waals surface area contributed by atoms with Crippen LogP contribution in [-0.2, 0) is 4.79 Å². The number of hydrogen-bond acceptors (Lipinski definition) is 3. The van der Waals surface area contributed by atoms with Gasteiger partial charge < -0.3 is 10.4 Å². The van der Waals surface area contributed by atoms with Crippen LogP contribution in [0.5, 0.6) is 0 Å². The monoisotopic (exact) mass is 275 g/mol. The molecule has 19 heavy (non-hydrogen) atoms. The molecule has 2 aromatic rings. The van der Waals surface area contributed by atoms with Crippen molar-refractivity contribution < 1.29 is 14.7 Å². The van der Waals surface area contributed by atoms with Crippen LogP contribution in [0.2, 0.25) is 0 Å². The number of rotatable bonds is 3. The first-order valence-electron chi connectivity index (χ1n) is 5.68. The topological polar surface area (TPSA) is 66.4 Å². The van der Waals surface area contributed by atoms with Gasteiger partial charge in [-0.1, -0.05) is 12.1 Å². The molecule has 0 saturated heterocycles. The number of thiophene rings is 1. The maximum Gasteiger partial charge on any atom is 0.346 e. The molecule has 5 heteroatoms. The molecule has 0 bridgehead atoms. The Bertz CT molecular complexity index is 629. The van der Waals surface area contributed by atoms with Crippen LogP contribution in [-0.4, -0.2) is 17.0 Å². The third-order valence-corrected chi connectivity index (χ3v) is 3.82. The van der Waals surface area contributed by atoms with E-state index in [1.165, 1.54) is 18.3 Å². The highest BCUT2D eigenvalue weighted by Crippen LogP contribution is 2.31. The second-order valence-corrected chi connectivity index (χ2v) is 5.05. The second-order valence-electron chi connectivity index (χ2n) is 4.17. The summed E-state index contributed by atoms with van der Waals surface area (Å²) in [4.78, 5) is 22.3. The minimum absolute atomic E-state index is 0.118. The zero-order valence-corrected chi connectivity index (χ0v) is 11.4. The smallest absolute Gasteiger partial charge is 0.346 e. The highest BCUT2D eigenvalue weighted by atomic mass is 32.1. The summed E-state index contributed by atoms with van der Waals surface area (Å²) >= 11 is 1.22. The van der Waals surface area contributed by atoms with Gasteiger partial charge in [0, 0.05) is 12.6 Å². The van der Waals surface area contributed by atoms with Gasteiger partial charge in [-0.25, -0.2) is 4.79 Å². The molecular formula is C14H13NO3S. The minimum atomic E-state index is -0.899. The lowest BCUT2D eigenvalue weighted by Gasteiger charge is -2.04. The molecule has 1 heterocycles. The number of aromatic carboxylic acids is 1. The second kappa shape index (κ2) is 5.24. The molecule has 1 aromatic carbocycles. The number of carboxylic acid groups (broad SMARTS) is 1. The van der Waals surface area contributed by atoms with Crippen molar-refractivity contribution in [3.63, 3.8) is 0 Å². The molecule has 0 spiro atoms. The predicted molar refractivity (Wildman–Crippen MR) is 75.8 cm³/mol. The van der Waals surface area contributed by atoms with Crippen LogP contribution in [0, 0.1) is 6.92 Å². The Morgan fingerprint density at radius 1 is 1.21 bits per heavy atom. The van der Waals surface area contributed by atoms with E-state index in [9.17, 15) is 9.59 Å². The minimum Gasteiger partial charge on any atom is -0.477 e. The fraction of sp³-hybridized carbons (Fsp3) is 0.143. The lowest BCUT2D eigenvalue weighted by atomic mass is 10.0. The fourth-order valence-corrected chi connectivity index (χ4v) is 2.78. The van der Waals surface area contributed by atoms with Gasteiger partial charge in [-0.2, -0.15) is 0 Å². The van der Waals surface area contributed by atoms with Crippen LogP contribution in [0.1, 0.15) is 22.2 Å². The van der Waals surface area contributed by atoms with Crippen LogP contribution < -0.4 is 5.32 Å². The van der Waals surface area contributed by atoms with Crippen molar-refractivity contribution in [3.8, 4) is 11.1 Å². The molecule has 0 fully saturated rings. The van der Waals surface area contributed by atoms with Crippen molar-refractivity contribution in [1.29, 1.82) is 0 Å². The molecule has 0 atom stereocenters. The molecule has 1 aromatic heterocycles. The number of carbonyl (C=O) groups excluding carboxylic acids is 1. The number of hydrogen-bond donors (Lipinski definition) is 2. The van der Waals surface area contributed by atoms with Gasteiger partial charge in [-0.15, -0.1) is 11.3 Å². The Balaban J connectivity index is 2.32. The van der Waals surface area contributed by atoms with E-state index in [-0.39, 0.29) is 5.91 Å². The first kappa shape index (κ1) is 13.3. The van der Waals surface area contributed by atoms with Gasteiger partial charge in [-0.3, -0.25) is 4.79 Å². The van der Waals surface area contributed by atoms with E-state index >= 15 is 0 Å². The average molecular weight is 275 g/mol. The summed E-state index contributed by atoms with van der Waals surface area (Å²) in [5, 5.41) is 13.6. The van der Waals surface area contributed by atoms with Crippen molar-refractivity contribution >= 4 is 28.9 Å². The lowest BCUT2D eigenvalue weighted by molar-refractivity contribution is -0.114. The highest BCUT2D eigenvalue weighted by molar-refractivity contribution is 7.12. The van der Waals surface area contributed by atoms with Crippen molar-refractivity contribution in [2.45, 2.75) is 13.8 Å². The Morgan fingerprint density at radius 2 is 1.84 bits per heavy atom. The van der Waals surface area contributed by atoms with Crippen LogP contribution in [0.25, 0.3) is 11.1 Å². The van der Waals surface area contributed by atoms with Gasteiger partial charge in [-0.05, 0) is 41.1 Å². The first-order chi connectivity index (χ1) is 8.99. The number of anilines is 1. The molecule has 0 unspecified atom stereocenters. The molecule has 2 N–H and O–H groups in total. The van der Waals surface area contributed by atoms with Crippen LogP contribution in [0.4, 0.5) is 5.69 Å². The molecule has 0 saturated carbocycles. The third kappa shape index (κ3) is 2.82. The molecular weight excluding hydrogens is 262 g/mol. The molecule has 0 radical (unpaired) electrons. The normalized spacial score (nSPS) is 10.2. The van der Waals surface area contributed by atoms with Gasteiger partial charge >= 0.3 is 5.97 Å². The molecule has 1 amide bonds. The van der Waals surface area contributed by atoms with Crippen LogP contribution >= 0.6 is 11.3 Å². The molecule has 0 aliphatic rings. The molecule has 0 aliphatic carbocycles. The summed E-state index contributed by atoms with van der Waals surface area (Å²) in [7, 11) is 0. The van der Waals surface area contributed by atoms with Gasteiger partial charge in [0.2, 0.25) is 5.91 Å². The maximum absolute atomic E-state index is 11.0. The van der Waals surface area contributed by atoms with Crippen molar-refractivity contribution in [2.75, 3.05) is 5.32 Å². The molecule has 98 valence electrons. The summed E-state index contributed by atoms with van der Waals surface area (Å²) in [5.74, 6) is -1.02. The molecule has 4 nitrogen and oxygen atoms in total. The van der Waals surface area contributed by atoms with E-state index in [0.717, 1.165) is 22.4 Å². The third-order valence-electron chi connectivity index (χ3n) is 2.75. The van der Waals surface area contributed by atoms with Gasteiger partial charge in [0.1, 0.15) is 4.88 Å². The summed E-state index contributed by atoms with van der Waals surface area (Å²) < 4.78 is 0. The Labute approximate surface area is 114 Å². The van der Waals surface area contributed by atoms with Crippen molar-refractivity contribution in [3.05, 3.63) is 40.1 Å². The molecule has 0 aliphatic heterocycles. The van der Waals surface area contributed by atoms with Crippen LogP contribution in [0.3, 0.4) is 0 Å². The van der Waals surface area contributed by atoms with E-state index in [4.69, 9.17) is 5.11 Å². The van der Waals surface area contributed by atoms with E-state index in [2.05, 4.69) is 5.32 Å². The standard InChI is InChI=1S/C14H13NO3S/c1-8-12(7-19-13(8)14(17)18)10-3-5-11(6-4-10)15-9(2)16/h3-7H,1-2H3,(H,15,16)(H,17,18). The first-order valence-corrected chi connectivity index (χ1v) is 6.56. The SMILES string of the molecule is CC(=O)Nc1ccc(-c2csc(C(=O)O)c2C)cc1. The predicted octanol–water partition coefficient (Wildman–Crippen LogP) is 3.38. The quantitative estimate of drug-likeness (QED) is 0.902. The number of amides is 1. The van der Waals surface area contributed by atoms with E-state index in [0.29, 0.717) is 4.88 Å². The van der Waals surface area contributed by atoms with E-state index in [1.807, 2.05) is 17.5 Å². The van der Waals surface area contributed by atoms with Gasteiger partial charge in [0.25, 0.3) is 0 Å². The van der Waals surface area contributed by atoms with Crippen molar-refractivity contribution in [2.24, 2.45) is 0 Å². The highest BCUT2D eigenvalue weighted by Gasteiger charge is 2.14. The van der Waals surface area contributed by atoms with Crippen molar-refractivity contribution in [1.82, 2.24) is 0 Å². The fourth-order valence-electron chi connectivity index (χ4n) is 1.85. The average Bonchev–Trinajstić information content (AvgIpc) is 2.71. The summed E-state index contributed by atoms with van der Waals surface area (Å²) in [6.07, 6.45) is 0. The number of carboxylic acids is 1. The van der Waals surface area contributed by atoms with Gasteiger partial charge in [0.05, 0.1) is 0 Å². The Hall–Kier alpha value is -2.14. The van der Waals surface area contributed by atoms with Crippen LogP contribution in [0.15, 0.2) is 29.6 Å². The molecule has 2 rings (SSSR count). The number of benzene rings is 1. The Kier molecular flexibility index (Phi) is 3.66. The van der Waals surface area contributed by atoms with E-state index in [1.54, 1.807) is 19.1 Å². The Morgan fingerprint density at radius 3 is 2.32 bits per heavy atom. The number of nitrogens with one attached hydrogen (secondary N) is 1. The number of carbonyl (C=O) groups is 2. The maximum atomic E-state index is 11.0. The summed E-state index contributed by atoms with van der Waals surface area (Å²) in [6.45, 7) is 3.26. The summed E-state index contributed by atoms with van der Waals surface area (Å²) in [5.41, 5.74) is 3.35. The summed E-state index contributed by atoms with van der Waals surface area (Å²) in [6, 6.07) is 7.33. The van der Waals surface area contributed by atoms with E-state index < -0.39 is 5.97 Å². The largest absolute Gasteiger partial charge is 0.477 e. The lowest BCUT2D eigenvalue weighted by Crippen LogP contribution is -2.05. The zero-order valence-electron chi connectivity index (χ0n) is 10.6. The zero-order chi connectivity index (χ0) is 14.0.